The first kappa shape index (κ1) is 23.4. The summed E-state index contributed by atoms with van der Waals surface area (Å²) in [5, 5.41) is 4.49. The first-order valence-corrected chi connectivity index (χ1v) is 10.8. The summed E-state index contributed by atoms with van der Waals surface area (Å²) < 4.78 is 21.0. The number of benzene rings is 1. The Balaban J connectivity index is 0.00000141. The van der Waals surface area contributed by atoms with Crippen molar-refractivity contribution < 1.29 is 13.9 Å². The van der Waals surface area contributed by atoms with Crippen LogP contribution in [0.1, 0.15) is 45.9 Å². The molecule has 1 aliphatic rings. The van der Waals surface area contributed by atoms with E-state index in [1.54, 1.807) is 21.7 Å². The summed E-state index contributed by atoms with van der Waals surface area (Å²) in [6.07, 6.45) is 2.06. The Labute approximate surface area is 188 Å². The number of fused-ring (bicyclic) bond motifs is 1. The normalized spacial score (nSPS) is 13.2. The third-order valence-corrected chi connectivity index (χ3v) is 4.76. The summed E-state index contributed by atoms with van der Waals surface area (Å²) in [7, 11) is 1.84. The number of halogens is 1. The number of hydrogen-bond acceptors (Lipinski definition) is 5. The highest BCUT2D eigenvalue weighted by Crippen LogP contribution is 2.30. The summed E-state index contributed by atoms with van der Waals surface area (Å²) in [4.78, 5) is 23.6. The fourth-order valence-electron chi connectivity index (χ4n) is 3.42. The van der Waals surface area contributed by atoms with Gasteiger partial charge in [0.25, 0.3) is 0 Å². The number of carbonyl (C=O) groups is 1. The molecule has 0 saturated carbocycles. The maximum Gasteiger partial charge on any atom is 0.410 e. The zero-order valence-corrected chi connectivity index (χ0v) is 19.5. The molecule has 0 atom stereocenters. The van der Waals surface area contributed by atoms with Crippen molar-refractivity contribution in [3.63, 3.8) is 0 Å². The molecule has 0 radical (unpaired) electrons. The van der Waals surface area contributed by atoms with Crippen LogP contribution in [0.3, 0.4) is 0 Å². The van der Waals surface area contributed by atoms with Gasteiger partial charge in [-0.3, -0.25) is 4.68 Å². The SMILES string of the molecule is CC.Cn1ccc(-c2nc(-c3cccc(F)c3)nc3c2CCN(C(=O)OC(C)(C)C)C3)n1. The molecule has 7 nitrogen and oxygen atoms in total. The van der Waals surface area contributed by atoms with E-state index in [-0.39, 0.29) is 11.9 Å². The Morgan fingerprint density at radius 3 is 2.53 bits per heavy atom. The van der Waals surface area contributed by atoms with Crippen LogP contribution in [0.25, 0.3) is 22.8 Å². The molecule has 1 aliphatic heterocycles. The van der Waals surface area contributed by atoms with E-state index in [9.17, 15) is 9.18 Å². The molecule has 0 saturated heterocycles. The standard InChI is InChI=1S/C22H24FN5O2.C2H6/c1-22(2,3)30-21(29)28-11-8-16-18(13-28)24-20(14-6-5-7-15(23)12-14)25-19(16)17-9-10-27(4)26-17;1-2/h5-7,9-10,12H,8,11,13H2,1-4H3;1-2H3. The molecule has 0 spiro atoms. The molecule has 3 aromatic rings. The topological polar surface area (TPSA) is 73.1 Å². The highest BCUT2D eigenvalue weighted by molar-refractivity contribution is 5.70. The number of aryl methyl sites for hydroxylation is 1. The summed E-state index contributed by atoms with van der Waals surface area (Å²) >= 11 is 0. The summed E-state index contributed by atoms with van der Waals surface area (Å²) in [5.41, 5.74) is 3.11. The average molecular weight is 440 g/mol. The maximum absolute atomic E-state index is 13.8. The molecule has 8 heteroatoms. The molecule has 1 amide bonds. The van der Waals surface area contributed by atoms with Gasteiger partial charge in [-0.2, -0.15) is 5.10 Å². The first-order valence-electron chi connectivity index (χ1n) is 10.8. The van der Waals surface area contributed by atoms with Crippen molar-refractivity contribution in [1.29, 1.82) is 0 Å². The van der Waals surface area contributed by atoms with Crippen LogP contribution in [0.5, 0.6) is 0 Å². The van der Waals surface area contributed by atoms with Crippen molar-refractivity contribution in [2.75, 3.05) is 6.54 Å². The molecule has 0 bridgehead atoms. The molecule has 0 N–H and O–H groups in total. The Morgan fingerprint density at radius 1 is 1.16 bits per heavy atom. The van der Waals surface area contributed by atoms with Crippen molar-refractivity contribution in [2.45, 2.75) is 53.2 Å². The molecular weight excluding hydrogens is 409 g/mol. The van der Waals surface area contributed by atoms with E-state index < -0.39 is 5.60 Å². The van der Waals surface area contributed by atoms with Gasteiger partial charge in [0.15, 0.2) is 5.82 Å². The van der Waals surface area contributed by atoms with E-state index >= 15 is 0 Å². The summed E-state index contributed by atoms with van der Waals surface area (Å²) in [5.74, 6) is 0.0449. The number of carbonyl (C=O) groups excluding carboxylic acids is 1. The molecule has 0 fully saturated rings. The molecule has 32 heavy (non-hydrogen) atoms. The zero-order chi connectivity index (χ0) is 23.5. The number of aromatic nitrogens is 4. The van der Waals surface area contributed by atoms with Crippen molar-refractivity contribution >= 4 is 6.09 Å². The third-order valence-electron chi connectivity index (χ3n) is 4.76. The van der Waals surface area contributed by atoms with Gasteiger partial charge in [0, 0.05) is 30.9 Å². The van der Waals surface area contributed by atoms with Crippen LogP contribution >= 0.6 is 0 Å². The average Bonchev–Trinajstić information content (AvgIpc) is 3.19. The van der Waals surface area contributed by atoms with Crippen molar-refractivity contribution in [3.8, 4) is 22.8 Å². The molecule has 3 heterocycles. The highest BCUT2D eigenvalue weighted by atomic mass is 19.1. The lowest BCUT2D eigenvalue weighted by molar-refractivity contribution is 0.0221. The minimum atomic E-state index is -0.575. The van der Waals surface area contributed by atoms with Gasteiger partial charge < -0.3 is 9.64 Å². The molecule has 170 valence electrons. The minimum Gasteiger partial charge on any atom is -0.444 e. The van der Waals surface area contributed by atoms with E-state index in [4.69, 9.17) is 9.72 Å². The summed E-state index contributed by atoms with van der Waals surface area (Å²) in [6, 6.07) is 8.06. The first-order chi connectivity index (χ1) is 15.2. The van der Waals surface area contributed by atoms with Crippen molar-refractivity contribution in [3.05, 3.63) is 53.6 Å². The van der Waals surface area contributed by atoms with E-state index in [2.05, 4.69) is 10.1 Å². The lowest BCUT2D eigenvalue weighted by atomic mass is 10.0. The molecular formula is C24H30FN5O2. The van der Waals surface area contributed by atoms with Crippen LogP contribution in [0, 0.1) is 5.82 Å². The van der Waals surface area contributed by atoms with Gasteiger partial charge in [0.1, 0.15) is 17.1 Å². The number of nitrogens with zero attached hydrogens (tertiary/aromatic N) is 5. The third kappa shape index (κ3) is 5.30. The number of ether oxygens (including phenoxy) is 1. The number of amides is 1. The molecule has 1 aromatic carbocycles. The predicted octanol–water partition coefficient (Wildman–Crippen LogP) is 5.00. The quantitative estimate of drug-likeness (QED) is 0.562. The van der Waals surface area contributed by atoms with Gasteiger partial charge >= 0.3 is 6.09 Å². The Kier molecular flexibility index (Phi) is 6.91. The Hall–Kier alpha value is -3.29. The lowest BCUT2D eigenvalue weighted by Gasteiger charge is -2.31. The second-order valence-electron chi connectivity index (χ2n) is 8.36. The van der Waals surface area contributed by atoms with Gasteiger partial charge in [-0.1, -0.05) is 26.0 Å². The molecule has 2 aromatic heterocycles. The predicted molar refractivity (Wildman–Crippen MR) is 121 cm³/mol. The van der Waals surface area contributed by atoms with E-state index in [1.165, 1.54) is 12.1 Å². The van der Waals surface area contributed by atoms with Gasteiger partial charge in [0.05, 0.1) is 17.9 Å². The largest absolute Gasteiger partial charge is 0.444 e. The van der Waals surface area contributed by atoms with Crippen molar-refractivity contribution in [2.24, 2.45) is 7.05 Å². The van der Waals surface area contributed by atoms with Crippen LogP contribution in [0.2, 0.25) is 0 Å². The molecule has 0 aliphatic carbocycles. The smallest absolute Gasteiger partial charge is 0.410 e. The lowest BCUT2D eigenvalue weighted by Crippen LogP contribution is -2.40. The second kappa shape index (κ2) is 9.46. The fraction of sp³-hybridized carbons (Fsp3) is 0.417. The van der Waals surface area contributed by atoms with E-state index in [0.29, 0.717) is 36.6 Å². The Bertz CT molecular complexity index is 1100. The fourth-order valence-corrected chi connectivity index (χ4v) is 3.42. The van der Waals surface area contributed by atoms with Crippen LogP contribution in [-0.4, -0.2) is 42.9 Å². The molecule has 0 unspecified atom stereocenters. The summed E-state index contributed by atoms with van der Waals surface area (Å²) in [6.45, 7) is 10.3. The second-order valence-corrected chi connectivity index (χ2v) is 8.36. The van der Waals surface area contributed by atoms with Gasteiger partial charge in [-0.05, 0) is 45.4 Å². The number of hydrogen-bond donors (Lipinski definition) is 0. The van der Waals surface area contributed by atoms with E-state index in [0.717, 1.165) is 17.0 Å². The van der Waals surface area contributed by atoms with Gasteiger partial charge in [0.2, 0.25) is 0 Å². The van der Waals surface area contributed by atoms with Crippen LogP contribution in [0.4, 0.5) is 9.18 Å². The Morgan fingerprint density at radius 2 is 1.91 bits per heavy atom. The zero-order valence-electron chi connectivity index (χ0n) is 19.5. The number of rotatable bonds is 2. The molecule has 4 rings (SSSR count). The van der Waals surface area contributed by atoms with E-state index in [1.807, 2.05) is 53.9 Å². The van der Waals surface area contributed by atoms with Crippen LogP contribution in [-0.2, 0) is 24.8 Å². The van der Waals surface area contributed by atoms with Crippen LogP contribution in [0.15, 0.2) is 36.5 Å². The van der Waals surface area contributed by atoms with Crippen LogP contribution < -0.4 is 0 Å². The minimum absolute atomic E-state index is 0.301. The van der Waals surface area contributed by atoms with Gasteiger partial charge in [-0.15, -0.1) is 0 Å². The van der Waals surface area contributed by atoms with Gasteiger partial charge in [-0.25, -0.2) is 19.2 Å². The highest BCUT2D eigenvalue weighted by Gasteiger charge is 2.29. The maximum atomic E-state index is 13.8. The van der Waals surface area contributed by atoms with Crippen molar-refractivity contribution in [1.82, 2.24) is 24.6 Å². The monoisotopic (exact) mass is 439 g/mol.